The molecule has 2 aromatic carbocycles. The molecule has 2 N–H and O–H groups in total. The molecule has 1 aromatic heterocycles. The van der Waals surface area contributed by atoms with Crippen LogP contribution in [0, 0.1) is 12.7 Å². The van der Waals surface area contributed by atoms with Crippen LogP contribution < -0.4 is 14.8 Å². The minimum Gasteiger partial charge on any atom is -0.493 e. The zero-order chi connectivity index (χ0) is 19.7. The molecular formula is C21H20FN3O3. The van der Waals surface area contributed by atoms with Crippen molar-refractivity contribution in [1.29, 1.82) is 0 Å². The monoisotopic (exact) mass is 381 g/mol. The lowest BCUT2D eigenvalue weighted by atomic mass is 9.85. The fourth-order valence-electron chi connectivity index (χ4n) is 3.51. The molecule has 1 aliphatic heterocycles. The van der Waals surface area contributed by atoms with Gasteiger partial charge < -0.3 is 14.8 Å². The van der Waals surface area contributed by atoms with E-state index >= 15 is 0 Å². The van der Waals surface area contributed by atoms with Gasteiger partial charge in [-0.25, -0.2) is 4.39 Å². The Balaban J connectivity index is 1.62. The molecule has 0 unspecified atom stereocenters. The third-order valence-electron chi connectivity index (χ3n) is 4.92. The number of benzene rings is 2. The first-order chi connectivity index (χ1) is 13.6. The van der Waals surface area contributed by atoms with Crippen LogP contribution in [0.4, 0.5) is 10.2 Å². The summed E-state index contributed by atoms with van der Waals surface area (Å²) in [6, 6.07) is 12.0. The SMILES string of the molecule is COc1cc([C@@H]2CC(=O)Nc3n[nH]c(C)c32)ccc1OCc1ccccc1F. The van der Waals surface area contributed by atoms with Gasteiger partial charge in [0.2, 0.25) is 5.91 Å². The summed E-state index contributed by atoms with van der Waals surface area (Å²) in [5, 5.41) is 9.88. The van der Waals surface area contributed by atoms with Gasteiger partial charge in [-0.2, -0.15) is 5.10 Å². The summed E-state index contributed by atoms with van der Waals surface area (Å²) in [4.78, 5) is 12.1. The average Bonchev–Trinajstić information content (AvgIpc) is 3.07. The number of hydrogen-bond acceptors (Lipinski definition) is 4. The Labute approximate surface area is 161 Å². The molecular weight excluding hydrogens is 361 g/mol. The lowest BCUT2D eigenvalue weighted by molar-refractivity contribution is -0.116. The van der Waals surface area contributed by atoms with E-state index in [0.717, 1.165) is 16.8 Å². The first-order valence-electron chi connectivity index (χ1n) is 8.95. The fraction of sp³-hybridized carbons (Fsp3) is 0.238. The lowest BCUT2D eigenvalue weighted by Gasteiger charge is -2.23. The zero-order valence-corrected chi connectivity index (χ0v) is 15.6. The van der Waals surface area contributed by atoms with E-state index < -0.39 is 0 Å². The number of aromatic amines is 1. The maximum absolute atomic E-state index is 13.8. The number of fused-ring (bicyclic) bond motifs is 1. The van der Waals surface area contributed by atoms with Crippen molar-refractivity contribution in [2.24, 2.45) is 0 Å². The van der Waals surface area contributed by atoms with E-state index in [1.54, 1.807) is 31.4 Å². The Kier molecular flexibility index (Phi) is 4.73. The van der Waals surface area contributed by atoms with Crippen LogP contribution in [0.15, 0.2) is 42.5 Å². The highest BCUT2D eigenvalue weighted by atomic mass is 19.1. The van der Waals surface area contributed by atoms with E-state index in [2.05, 4.69) is 15.5 Å². The molecule has 0 spiro atoms. The molecule has 0 radical (unpaired) electrons. The molecule has 3 aromatic rings. The Morgan fingerprint density at radius 1 is 1.21 bits per heavy atom. The van der Waals surface area contributed by atoms with Crippen molar-refractivity contribution >= 4 is 11.7 Å². The molecule has 2 heterocycles. The van der Waals surface area contributed by atoms with Crippen LogP contribution in [0.3, 0.4) is 0 Å². The quantitative estimate of drug-likeness (QED) is 0.702. The van der Waals surface area contributed by atoms with Crippen molar-refractivity contribution in [3.63, 3.8) is 0 Å². The smallest absolute Gasteiger partial charge is 0.226 e. The van der Waals surface area contributed by atoms with Crippen LogP contribution in [0.2, 0.25) is 0 Å². The normalized spacial score (nSPS) is 15.7. The van der Waals surface area contributed by atoms with Crippen LogP contribution in [-0.2, 0) is 11.4 Å². The number of ether oxygens (including phenoxy) is 2. The largest absolute Gasteiger partial charge is 0.493 e. The second-order valence-corrected chi connectivity index (χ2v) is 6.71. The minimum absolute atomic E-state index is 0.0807. The Bertz CT molecular complexity index is 1030. The molecule has 144 valence electrons. The molecule has 0 fully saturated rings. The van der Waals surface area contributed by atoms with Crippen molar-refractivity contribution in [3.8, 4) is 11.5 Å². The Morgan fingerprint density at radius 3 is 2.82 bits per heavy atom. The number of nitrogens with one attached hydrogen (secondary N) is 2. The third kappa shape index (κ3) is 3.31. The van der Waals surface area contributed by atoms with E-state index in [1.807, 2.05) is 19.1 Å². The summed E-state index contributed by atoms with van der Waals surface area (Å²) in [6.07, 6.45) is 0.325. The number of rotatable bonds is 5. The summed E-state index contributed by atoms with van der Waals surface area (Å²) in [7, 11) is 1.55. The minimum atomic E-state index is -0.311. The van der Waals surface area contributed by atoms with Crippen LogP contribution in [0.5, 0.6) is 11.5 Å². The molecule has 1 atom stereocenters. The number of nitrogens with zero attached hydrogens (tertiary/aromatic N) is 1. The molecule has 4 rings (SSSR count). The number of halogens is 1. The highest BCUT2D eigenvalue weighted by Gasteiger charge is 2.31. The van der Waals surface area contributed by atoms with E-state index in [0.29, 0.717) is 29.3 Å². The number of aryl methyl sites for hydroxylation is 1. The third-order valence-corrected chi connectivity index (χ3v) is 4.92. The highest BCUT2D eigenvalue weighted by Crippen LogP contribution is 2.40. The first-order valence-corrected chi connectivity index (χ1v) is 8.95. The predicted octanol–water partition coefficient (Wildman–Crippen LogP) is 3.92. The number of amides is 1. The van der Waals surface area contributed by atoms with Crippen molar-refractivity contribution in [2.75, 3.05) is 12.4 Å². The molecule has 1 amide bonds. The second kappa shape index (κ2) is 7.34. The van der Waals surface area contributed by atoms with Crippen LogP contribution in [0.25, 0.3) is 0 Å². The predicted molar refractivity (Wildman–Crippen MR) is 102 cm³/mol. The van der Waals surface area contributed by atoms with Gasteiger partial charge in [0.1, 0.15) is 12.4 Å². The molecule has 1 aliphatic rings. The summed E-state index contributed by atoms with van der Waals surface area (Å²) in [5.74, 6) is 1.09. The van der Waals surface area contributed by atoms with Gasteiger partial charge >= 0.3 is 0 Å². The van der Waals surface area contributed by atoms with Gasteiger partial charge in [0, 0.05) is 29.2 Å². The summed E-state index contributed by atoms with van der Waals surface area (Å²) < 4.78 is 25.1. The van der Waals surface area contributed by atoms with E-state index in [9.17, 15) is 9.18 Å². The summed E-state index contributed by atoms with van der Waals surface area (Å²) >= 11 is 0. The number of hydrogen-bond donors (Lipinski definition) is 2. The topological polar surface area (TPSA) is 76.2 Å². The van der Waals surface area contributed by atoms with Crippen LogP contribution >= 0.6 is 0 Å². The van der Waals surface area contributed by atoms with Crippen LogP contribution in [-0.4, -0.2) is 23.2 Å². The van der Waals surface area contributed by atoms with Gasteiger partial charge in [-0.05, 0) is 30.7 Å². The van der Waals surface area contributed by atoms with Crippen molar-refractivity contribution in [3.05, 3.63) is 70.7 Å². The Hall–Kier alpha value is -3.35. The molecule has 0 saturated heterocycles. The molecule has 0 aliphatic carbocycles. The Morgan fingerprint density at radius 2 is 2.04 bits per heavy atom. The number of carbonyl (C=O) groups is 1. The van der Waals surface area contributed by atoms with Gasteiger partial charge in [0.25, 0.3) is 0 Å². The van der Waals surface area contributed by atoms with E-state index in [1.165, 1.54) is 6.07 Å². The first kappa shape index (κ1) is 18.0. The number of aromatic nitrogens is 2. The number of carbonyl (C=O) groups excluding carboxylic acids is 1. The average molecular weight is 381 g/mol. The van der Waals surface area contributed by atoms with Gasteiger partial charge in [0.05, 0.1) is 7.11 Å². The summed E-state index contributed by atoms with van der Waals surface area (Å²) in [6.45, 7) is 2.03. The number of anilines is 1. The van der Waals surface area contributed by atoms with E-state index in [4.69, 9.17) is 9.47 Å². The van der Waals surface area contributed by atoms with Crippen LogP contribution in [0.1, 0.15) is 34.7 Å². The van der Waals surface area contributed by atoms with Gasteiger partial charge in [-0.1, -0.05) is 24.3 Å². The summed E-state index contributed by atoms with van der Waals surface area (Å²) in [5.41, 5.74) is 3.28. The van der Waals surface area contributed by atoms with Crippen molar-refractivity contribution in [1.82, 2.24) is 10.2 Å². The number of methoxy groups -OCH3 is 1. The van der Waals surface area contributed by atoms with Gasteiger partial charge in [-0.3, -0.25) is 9.89 Å². The van der Waals surface area contributed by atoms with E-state index in [-0.39, 0.29) is 24.2 Å². The van der Waals surface area contributed by atoms with Gasteiger partial charge in [0.15, 0.2) is 17.3 Å². The van der Waals surface area contributed by atoms with Crippen molar-refractivity contribution < 1.29 is 18.7 Å². The standard InChI is InChI=1S/C21H20FN3O3/c1-12-20-15(10-19(26)23-21(20)25-24-12)13-7-8-17(18(9-13)27-2)28-11-14-5-3-4-6-16(14)22/h3-9,15H,10-11H2,1-2H3,(H2,23,24,25,26)/t15-/m0/s1. The second-order valence-electron chi connectivity index (χ2n) is 6.71. The fourth-order valence-corrected chi connectivity index (χ4v) is 3.51. The molecule has 28 heavy (non-hydrogen) atoms. The maximum Gasteiger partial charge on any atom is 0.226 e. The number of H-pyrrole nitrogens is 1. The molecule has 0 saturated carbocycles. The zero-order valence-electron chi connectivity index (χ0n) is 15.6. The lowest BCUT2D eigenvalue weighted by Crippen LogP contribution is -2.23. The van der Waals surface area contributed by atoms with Crippen molar-refractivity contribution in [2.45, 2.75) is 25.9 Å². The molecule has 6 nitrogen and oxygen atoms in total. The maximum atomic E-state index is 13.8. The molecule has 0 bridgehead atoms. The van der Waals surface area contributed by atoms with Gasteiger partial charge in [-0.15, -0.1) is 0 Å². The highest BCUT2D eigenvalue weighted by molar-refractivity contribution is 5.94. The molecule has 7 heteroatoms.